The lowest BCUT2D eigenvalue weighted by molar-refractivity contribution is 0.576. The van der Waals surface area contributed by atoms with Crippen molar-refractivity contribution in [1.82, 2.24) is 4.98 Å². The molecule has 2 nitrogen and oxygen atoms in total. The first kappa shape index (κ1) is 13.0. The van der Waals surface area contributed by atoms with E-state index in [-0.39, 0.29) is 10.8 Å². The Morgan fingerprint density at radius 1 is 0.944 bits per heavy atom. The highest BCUT2D eigenvalue weighted by atomic mass is 14.8. The van der Waals surface area contributed by atoms with Gasteiger partial charge in [-0.25, -0.2) is 0 Å². The Labute approximate surface area is 110 Å². The number of H-pyrrole nitrogens is 1. The number of fused-ring (bicyclic) bond motifs is 1. The number of nitrogens with two attached hydrogens (primary N) is 1. The Hall–Kier alpha value is -1.44. The molecule has 1 heterocycles. The molecule has 0 aliphatic rings. The van der Waals surface area contributed by atoms with Crippen molar-refractivity contribution in [1.29, 1.82) is 0 Å². The van der Waals surface area contributed by atoms with Crippen LogP contribution in [-0.2, 0) is 10.8 Å². The normalized spacial score (nSPS) is 13.2. The molecule has 18 heavy (non-hydrogen) atoms. The van der Waals surface area contributed by atoms with Gasteiger partial charge in [-0.05, 0) is 23.1 Å². The second-order valence-electron chi connectivity index (χ2n) is 7.17. The lowest BCUT2D eigenvalue weighted by Gasteiger charge is -2.19. The van der Waals surface area contributed by atoms with Crippen LogP contribution in [0, 0.1) is 0 Å². The Kier molecular flexibility index (Phi) is 2.73. The van der Waals surface area contributed by atoms with Crippen molar-refractivity contribution in [2.24, 2.45) is 0 Å². The maximum atomic E-state index is 6.31. The lowest BCUT2D eigenvalue weighted by atomic mass is 9.86. The molecule has 0 unspecified atom stereocenters. The van der Waals surface area contributed by atoms with E-state index in [1.165, 1.54) is 5.56 Å². The molecule has 0 saturated carbocycles. The van der Waals surface area contributed by atoms with E-state index in [1.807, 2.05) is 0 Å². The van der Waals surface area contributed by atoms with E-state index in [9.17, 15) is 0 Å². The predicted octanol–water partition coefficient (Wildman–Crippen LogP) is 4.35. The minimum Gasteiger partial charge on any atom is -0.397 e. The third kappa shape index (κ3) is 2.12. The van der Waals surface area contributed by atoms with Crippen molar-refractivity contribution in [2.75, 3.05) is 5.73 Å². The summed E-state index contributed by atoms with van der Waals surface area (Å²) in [5.41, 5.74) is 11.0. The molecule has 2 aromatic rings. The van der Waals surface area contributed by atoms with Gasteiger partial charge >= 0.3 is 0 Å². The molecule has 2 rings (SSSR count). The number of nitrogens with one attached hydrogen (secondary N) is 1. The summed E-state index contributed by atoms with van der Waals surface area (Å²) < 4.78 is 0. The zero-order valence-corrected chi connectivity index (χ0v) is 12.3. The molecule has 0 amide bonds. The molecule has 0 spiro atoms. The lowest BCUT2D eigenvalue weighted by Crippen LogP contribution is -2.13. The van der Waals surface area contributed by atoms with Crippen molar-refractivity contribution in [2.45, 2.75) is 52.4 Å². The van der Waals surface area contributed by atoms with Gasteiger partial charge < -0.3 is 10.7 Å². The van der Waals surface area contributed by atoms with Crippen molar-refractivity contribution < 1.29 is 0 Å². The molecule has 0 aliphatic heterocycles. The van der Waals surface area contributed by atoms with E-state index in [4.69, 9.17) is 5.73 Å². The van der Waals surface area contributed by atoms with Gasteiger partial charge in [-0.15, -0.1) is 0 Å². The molecular formula is C16H24N2. The summed E-state index contributed by atoms with van der Waals surface area (Å²) in [5.74, 6) is 0. The van der Waals surface area contributed by atoms with E-state index in [0.717, 1.165) is 22.3 Å². The summed E-state index contributed by atoms with van der Waals surface area (Å²) in [6, 6.07) is 6.54. The van der Waals surface area contributed by atoms with Gasteiger partial charge in [0.2, 0.25) is 0 Å². The van der Waals surface area contributed by atoms with Crippen LogP contribution in [0.1, 0.15) is 52.8 Å². The molecule has 0 saturated heterocycles. The molecule has 1 aromatic heterocycles. The number of aromatic nitrogens is 1. The molecule has 0 atom stereocenters. The Bertz CT molecular complexity index is 577. The van der Waals surface area contributed by atoms with Crippen LogP contribution in [0.15, 0.2) is 18.2 Å². The topological polar surface area (TPSA) is 41.8 Å². The largest absolute Gasteiger partial charge is 0.397 e. The summed E-state index contributed by atoms with van der Waals surface area (Å²) in [4.78, 5) is 3.46. The van der Waals surface area contributed by atoms with Crippen LogP contribution >= 0.6 is 0 Å². The number of nitrogen functional groups attached to an aromatic ring is 1. The number of aromatic amines is 1. The SMILES string of the molecule is CC(C)(C)c1ccc2[nH]c(C(C)(C)C)c(N)c2c1. The van der Waals surface area contributed by atoms with Crippen LogP contribution in [0.5, 0.6) is 0 Å². The van der Waals surface area contributed by atoms with Gasteiger partial charge in [0, 0.05) is 22.0 Å². The van der Waals surface area contributed by atoms with Gasteiger partial charge in [0.1, 0.15) is 0 Å². The Balaban J connectivity index is 2.68. The maximum absolute atomic E-state index is 6.31. The zero-order chi connectivity index (χ0) is 13.7. The molecular weight excluding hydrogens is 220 g/mol. The smallest absolute Gasteiger partial charge is 0.0610 e. The number of hydrogen-bond donors (Lipinski definition) is 2. The van der Waals surface area contributed by atoms with Crippen molar-refractivity contribution in [3.63, 3.8) is 0 Å². The molecule has 1 aromatic carbocycles. The molecule has 0 aliphatic carbocycles. The van der Waals surface area contributed by atoms with Crippen molar-refractivity contribution in [3.8, 4) is 0 Å². The predicted molar refractivity (Wildman–Crippen MR) is 80.1 cm³/mol. The fraction of sp³-hybridized carbons (Fsp3) is 0.500. The summed E-state index contributed by atoms with van der Waals surface area (Å²) >= 11 is 0. The summed E-state index contributed by atoms with van der Waals surface area (Å²) in [7, 11) is 0. The van der Waals surface area contributed by atoms with Crippen molar-refractivity contribution >= 4 is 16.6 Å². The first-order valence-corrected chi connectivity index (χ1v) is 6.53. The van der Waals surface area contributed by atoms with Crippen LogP contribution in [0.25, 0.3) is 10.9 Å². The fourth-order valence-corrected chi connectivity index (χ4v) is 2.27. The van der Waals surface area contributed by atoms with Gasteiger partial charge in [-0.1, -0.05) is 47.6 Å². The van der Waals surface area contributed by atoms with E-state index < -0.39 is 0 Å². The highest BCUT2D eigenvalue weighted by Crippen LogP contribution is 2.35. The number of anilines is 1. The Morgan fingerprint density at radius 2 is 1.56 bits per heavy atom. The zero-order valence-electron chi connectivity index (χ0n) is 12.3. The number of rotatable bonds is 0. The van der Waals surface area contributed by atoms with Crippen LogP contribution in [-0.4, -0.2) is 4.98 Å². The molecule has 98 valence electrons. The van der Waals surface area contributed by atoms with Gasteiger partial charge in [0.25, 0.3) is 0 Å². The minimum absolute atomic E-state index is 0.0466. The van der Waals surface area contributed by atoms with E-state index in [1.54, 1.807) is 0 Å². The summed E-state index contributed by atoms with van der Waals surface area (Å²) in [6.07, 6.45) is 0. The fourth-order valence-electron chi connectivity index (χ4n) is 2.27. The van der Waals surface area contributed by atoms with Crippen molar-refractivity contribution in [3.05, 3.63) is 29.5 Å². The standard InChI is InChI=1S/C16H24N2/c1-15(2,3)10-7-8-12-11(9-10)13(17)14(18-12)16(4,5)6/h7-9,18H,17H2,1-6H3. The monoisotopic (exact) mass is 244 g/mol. The van der Waals surface area contributed by atoms with Crippen LogP contribution < -0.4 is 5.73 Å². The molecule has 2 heteroatoms. The van der Waals surface area contributed by atoms with E-state index >= 15 is 0 Å². The first-order chi connectivity index (χ1) is 8.10. The average Bonchev–Trinajstić information content (AvgIpc) is 2.54. The molecule has 0 radical (unpaired) electrons. The van der Waals surface area contributed by atoms with Gasteiger partial charge in [-0.2, -0.15) is 0 Å². The van der Waals surface area contributed by atoms with Crippen LogP contribution in [0.4, 0.5) is 5.69 Å². The number of benzene rings is 1. The summed E-state index contributed by atoms with van der Waals surface area (Å²) in [6.45, 7) is 13.2. The summed E-state index contributed by atoms with van der Waals surface area (Å²) in [5, 5.41) is 1.15. The third-order valence-corrected chi connectivity index (χ3v) is 3.45. The highest BCUT2D eigenvalue weighted by molar-refractivity contribution is 5.94. The number of hydrogen-bond acceptors (Lipinski definition) is 1. The minimum atomic E-state index is 0.0466. The molecule has 0 bridgehead atoms. The van der Waals surface area contributed by atoms with Gasteiger partial charge in [-0.3, -0.25) is 0 Å². The van der Waals surface area contributed by atoms with Gasteiger partial charge in [0.05, 0.1) is 5.69 Å². The molecule has 0 fully saturated rings. The van der Waals surface area contributed by atoms with E-state index in [2.05, 4.69) is 64.7 Å². The Morgan fingerprint density at radius 3 is 2.06 bits per heavy atom. The molecule has 3 N–H and O–H groups in total. The van der Waals surface area contributed by atoms with E-state index in [0.29, 0.717) is 0 Å². The second-order valence-corrected chi connectivity index (χ2v) is 7.17. The second kappa shape index (κ2) is 3.78. The third-order valence-electron chi connectivity index (χ3n) is 3.45. The van der Waals surface area contributed by atoms with Crippen LogP contribution in [0.3, 0.4) is 0 Å². The quantitative estimate of drug-likeness (QED) is 0.711. The maximum Gasteiger partial charge on any atom is 0.0610 e. The average molecular weight is 244 g/mol. The first-order valence-electron chi connectivity index (χ1n) is 6.53. The van der Waals surface area contributed by atoms with Crippen LogP contribution in [0.2, 0.25) is 0 Å². The van der Waals surface area contributed by atoms with Gasteiger partial charge in [0.15, 0.2) is 0 Å². The highest BCUT2D eigenvalue weighted by Gasteiger charge is 2.22.